The van der Waals surface area contributed by atoms with Gasteiger partial charge >= 0.3 is 0 Å². The number of amides is 1. The summed E-state index contributed by atoms with van der Waals surface area (Å²) < 4.78 is 31.0. The molecule has 0 aliphatic carbocycles. The maximum Gasteiger partial charge on any atom is 0.254 e. The molecule has 0 spiro atoms. The van der Waals surface area contributed by atoms with Crippen molar-refractivity contribution in [1.29, 1.82) is 0 Å². The van der Waals surface area contributed by atoms with Gasteiger partial charge in [0, 0.05) is 43.8 Å². The second-order valence-electron chi connectivity index (χ2n) is 6.67. The summed E-state index contributed by atoms with van der Waals surface area (Å²) in [6, 6.07) is 10.3. The summed E-state index contributed by atoms with van der Waals surface area (Å²) in [4.78, 5) is 16.4. The molecule has 1 aromatic heterocycles. The minimum absolute atomic E-state index is 0.0795. The molecule has 0 bridgehead atoms. The highest BCUT2D eigenvalue weighted by atomic mass is 32.2. The van der Waals surface area contributed by atoms with Crippen LogP contribution in [0.3, 0.4) is 0 Å². The second-order valence-corrected chi connectivity index (χ2v) is 9.85. The first-order chi connectivity index (χ1) is 12.9. The molecule has 2 heterocycles. The number of sulfonamides is 1. The number of hydrogen-bond donors (Lipinski definition) is 0. The average molecular weight is 409 g/mol. The first-order valence-corrected chi connectivity index (χ1v) is 11.2. The monoisotopic (exact) mass is 408 g/mol. The Morgan fingerprint density at radius 1 is 1.15 bits per heavy atom. The van der Waals surface area contributed by atoms with Crippen molar-refractivity contribution in [2.45, 2.75) is 30.3 Å². The van der Waals surface area contributed by atoms with E-state index in [2.05, 4.69) is 0 Å². The quantitative estimate of drug-likeness (QED) is 0.737. The fraction of sp³-hybridized carbons (Fsp3) is 0.421. The zero-order chi connectivity index (χ0) is 19.4. The van der Waals surface area contributed by atoms with E-state index in [0.29, 0.717) is 25.3 Å². The van der Waals surface area contributed by atoms with Crippen molar-refractivity contribution >= 4 is 27.3 Å². The maximum atomic E-state index is 13.2. The van der Waals surface area contributed by atoms with Crippen molar-refractivity contribution in [3.05, 3.63) is 52.2 Å². The Balaban J connectivity index is 1.84. The Labute approximate surface area is 164 Å². The molecule has 146 valence electrons. The molecule has 0 saturated carbocycles. The largest absolute Gasteiger partial charge is 0.381 e. The molecule has 0 atom stereocenters. The summed E-state index contributed by atoms with van der Waals surface area (Å²) >= 11 is 1.63. The van der Waals surface area contributed by atoms with E-state index in [9.17, 15) is 13.2 Å². The predicted molar refractivity (Wildman–Crippen MR) is 105 cm³/mol. The molecular formula is C19H24N2O4S2. The van der Waals surface area contributed by atoms with Crippen LogP contribution in [0.2, 0.25) is 0 Å². The number of benzene rings is 1. The number of thiophene rings is 1. The van der Waals surface area contributed by atoms with Crippen LogP contribution >= 0.6 is 11.3 Å². The van der Waals surface area contributed by atoms with E-state index < -0.39 is 10.0 Å². The van der Waals surface area contributed by atoms with E-state index in [0.717, 1.165) is 22.0 Å². The van der Waals surface area contributed by atoms with Crippen LogP contribution in [-0.4, -0.2) is 56.9 Å². The fourth-order valence-corrected chi connectivity index (χ4v) is 4.68. The lowest BCUT2D eigenvalue weighted by molar-refractivity contribution is 0.0270. The van der Waals surface area contributed by atoms with Crippen LogP contribution in [-0.2, 0) is 21.3 Å². The molecule has 8 heteroatoms. The van der Waals surface area contributed by atoms with Gasteiger partial charge in [-0.25, -0.2) is 12.7 Å². The average Bonchev–Trinajstić information content (AvgIpc) is 3.19. The smallest absolute Gasteiger partial charge is 0.254 e. The summed E-state index contributed by atoms with van der Waals surface area (Å²) in [6.07, 6.45) is 1.62. The van der Waals surface area contributed by atoms with Gasteiger partial charge in [-0.3, -0.25) is 4.79 Å². The molecule has 1 fully saturated rings. The van der Waals surface area contributed by atoms with Crippen molar-refractivity contribution in [2.75, 3.05) is 27.3 Å². The van der Waals surface area contributed by atoms with Gasteiger partial charge in [-0.1, -0.05) is 6.07 Å². The van der Waals surface area contributed by atoms with Gasteiger partial charge in [0.15, 0.2) is 0 Å². The van der Waals surface area contributed by atoms with Crippen LogP contribution in [0.15, 0.2) is 46.7 Å². The molecule has 0 radical (unpaired) electrons. The summed E-state index contributed by atoms with van der Waals surface area (Å²) in [6.45, 7) is 1.86. The third-order valence-electron chi connectivity index (χ3n) is 4.68. The fourth-order valence-electron chi connectivity index (χ4n) is 3.08. The standard InChI is InChI=1S/C19H24N2O4S2/c1-20(2)27(23,24)18-7-5-15(6-8-18)19(22)21(14-17-4-3-13-26-17)16-9-11-25-12-10-16/h3-8,13,16H,9-12,14H2,1-2H3. The van der Waals surface area contributed by atoms with Gasteiger partial charge in [0.2, 0.25) is 10.0 Å². The summed E-state index contributed by atoms with van der Waals surface area (Å²) in [5.41, 5.74) is 0.496. The van der Waals surface area contributed by atoms with Crippen LogP contribution < -0.4 is 0 Å². The first kappa shape index (κ1) is 20.0. The topological polar surface area (TPSA) is 66.9 Å². The van der Waals surface area contributed by atoms with Crippen molar-refractivity contribution in [3.8, 4) is 0 Å². The molecule has 0 N–H and O–H groups in total. The highest BCUT2D eigenvalue weighted by molar-refractivity contribution is 7.89. The third kappa shape index (κ3) is 4.57. The van der Waals surface area contributed by atoms with Gasteiger partial charge in [-0.15, -0.1) is 11.3 Å². The van der Waals surface area contributed by atoms with Crippen LogP contribution in [0.5, 0.6) is 0 Å². The predicted octanol–water partition coefficient (Wildman–Crippen LogP) is 2.82. The summed E-state index contributed by atoms with van der Waals surface area (Å²) in [7, 11) is -0.531. The lowest BCUT2D eigenvalue weighted by Gasteiger charge is -2.34. The molecule has 1 amide bonds. The Hall–Kier alpha value is -1.74. The number of rotatable bonds is 6. The highest BCUT2D eigenvalue weighted by Crippen LogP contribution is 2.23. The Morgan fingerprint density at radius 3 is 2.37 bits per heavy atom. The molecule has 3 rings (SSSR count). The lowest BCUT2D eigenvalue weighted by atomic mass is 10.0. The third-order valence-corrected chi connectivity index (χ3v) is 7.37. The van der Waals surface area contributed by atoms with E-state index >= 15 is 0 Å². The number of carbonyl (C=O) groups excluding carboxylic acids is 1. The SMILES string of the molecule is CN(C)S(=O)(=O)c1ccc(C(=O)N(Cc2cccs2)C2CCOCC2)cc1. The minimum atomic E-state index is -3.51. The van der Waals surface area contributed by atoms with E-state index in [1.165, 1.54) is 26.2 Å². The van der Waals surface area contributed by atoms with E-state index in [-0.39, 0.29) is 16.8 Å². The van der Waals surface area contributed by atoms with E-state index in [1.54, 1.807) is 23.5 Å². The Bertz CT molecular complexity index is 856. The molecule has 1 saturated heterocycles. The number of nitrogens with zero attached hydrogens (tertiary/aromatic N) is 2. The van der Waals surface area contributed by atoms with E-state index in [1.807, 2.05) is 22.4 Å². The van der Waals surface area contributed by atoms with Crippen molar-refractivity contribution in [2.24, 2.45) is 0 Å². The second kappa shape index (κ2) is 8.52. The normalized spacial score (nSPS) is 15.8. The van der Waals surface area contributed by atoms with Gasteiger partial charge in [-0.05, 0) is 48.6 Å². The van der Waals surface area contributed by atoms with Gasteiger partial charge in [0.1, 0.15) is 0 Å². The number of ether oxygens (including phenoxy) is 1. The molecule has 1 aliphatic heterocycles. The number of hydrogen-bond acceptors (Lipinski definition) is 5. The Morgan fingerprint density at radius 2 is 1.81 bits per heavy atom. The summed E-state index contributed by atoms with van der Waals surface area (Å²) in [5, 5.41) is 2.00. The van der Waals surface area contributed by atoms with Crippen molar-refractivity contribution in [1.82, 2.24) is 9.21 Å². The van der Waals surface area contributed by atoms with Crippen molar-refractivity contribution in [3.63, 3.8) is 0 Å². The maximum absolute atomic E-state index is 13.2. The van der Waals surface area contributed by atoms with Crippen LogP contribution in [0.4, 0.5) is 0 Å². The molecule has 2 aromatic rings. The van der Waals surface area contributed by atoms with Crippen LogP contribution in [0.25, 0.3) is 0 Å². The van der Waals surface area contributed by atoms with Gasteiger partial charge in [-0.2, -0.15) is 0 Å². The summed E-state index contributed by atoms with van der Waals surface area (Å²) in [5.74, 6) is -0.0795. The molecule has 1 aromatic carbocycles. The molecule has 27 heavy (non-hydrogen) atoms. The van der Waals surface area contributed by atoms with Gasteiger partial charge < -0.3 is 9.64 Å². The molecular weight excluding hydrogens is 384 g/mol. The van der Waals surface area contributed by atoms with Gasteiger partial charge in [0.25, 0.3) is 5.91 Å². The van der Waals surface area contributed by atoms with Crippen LogP contribution in [0.1, 0.15) is 28.1 Å². The zero-order valence-electron chi connectivity index (χ0n) is 15.5. The molecule has 6 nitrogen and oxygen atoms in total. The minimum Gasteiger partial charge on any atom is -0.381 e. The first-order valence-electron chi connectivity index (χ1n) is 8.83. The molecule has 1 aliphatic rings. The lowest BCUT2D eigenvalue weighted by Crippen LogP contribution is -2.42. The van der Waals surface area contributed by atoms with Crippen molar-refractivity contribution < 1.29 is 17.9 Å². The van der Waals surface area contributed by atoms with E-state index in [4.69, 9.17) is 4.74 Å². The highest BCUT2D eigenvalue weighted by Gasteiger charge is 2.27. The Kier molecular flexibility index (Phi) is 6.31. The van der Waals surface area contributed by atoms with Gasteiger partial charge in [0.05, 0.1) is 11.4 Å². The zero-order valence-corrected chi connectivity index (χ0v) is 17.1. The van der Waals surface area contributed by atoms with Crippen LogP contribution in [0, 0.1) is 0 Å². The number of carbonyl (C=O) groups is 1. The molecule has 0 unspecified atom stereocenters.